The van der Waals surface area contributed by atoms with Crippen LogP contribution in [0.1, 0.15) is 17.4 Å². The zero-order chi connectivity index (χ0) is 16.2. The van der Waals surface area contributed by atoms with Crippen LogP contribution in [0.25, 0.3) is 11.3 Å². The molecular formula is C19H21N3O. The highest BCUT2D eigenvalue weighted by Gasteiger charge is 2.15. The Morgan fingerprint density at radius 3 is 2.43 bits per heavy atom. The molecule has 0 bridgehead atoms. The first-order chi connectivity index (χ1) is 11.2. The van der Waals surface area contributed by atoms with Crippen LogP contribution >= 0.6 is 0 Å². The fourth-order valence-corrected chi connectivity index (χ4v) is 2.75. The van der Waals surface area contributed by atoms with Crippen molar-refractivity contribution in [2.75, 3.05) is 7.11 Å². The first kappa shape index (κ1) is 15.3. The molecule has 3 aromatic rings. The van der Waals surface area contributed by atoms with Gasteiger partial charge in [-0.3, -0.25) is 0 Å². The third-order valence-electron chi connectivity index (χ3n) is 4.04. The van der Waals surface area contributed by atoms with Gasteiger partial charge in [-0.15, -0.1) is 0 Å². The first-order valence-corrected chi connectivity index (χ1v) is 7.64. The molecule has 0 saturated carbocycles. The van der Waals surface area contributed by atoms with Gasteiger partial charge in [0.1, 0.15) is 11.6 Å². The Hall–Kier alpha value is -2.59. The minimum Gasteiger partial charge on any atom is -0.497 e. The van der Waals surface area contributed by atoms with Crippen molar-refractivity contribution < 1.29 is 4.74 Å². The van der Waals surface area contributed by atoms with Gasteiger partial charge in [0.15, 0.2) is 0 Å². The molecule has 1 heterocycles. The summed E-state index contributed by atoms with van der Waals surface area (Å²) in [5.41, 5.74) is 9.76. The number of hydrogen-bond acceptors (Lipinski definition) is 3. The third-order valence-corrected chi connectivity index (χ3v) is 4.04. The summed E-state index contributed by atoms with van der Waals surface area (Å²) in [6.45, 7) is 0. The van der Waals surface area contributed by atoms with Gasteiger partial charge in [-0.25, -0.2) is 4.98 Å². The Balaban J connectivity index is 1.80. The normalized spacial score (nSPS) is 12.1. The maximum Gasteiger partial charge on any atom is 0.126 e. The van der Waals surface area contributed by atoms with E-state index in [0.29, 0.717) is 0 Å². The average molecular weight is 307 g/mol. The summed E-state index contributed by atoms with van der Waals surface area (Å²) in [4.78, 5) is 4.54. The van der Waals surface area contributed by atoms with Crippen molar-refractivity contribution in [3.05, 3.63) is 72.2 Å². The Labute approximate surface area is 136 Å². The van der Waals surface area contributed by atoms with Crippen molar-refractivity contribution in [2.24, 2.45) is 12.8 Å². The van der Waals surface area contributed by atoms with E-state index in [1.807, 2.05) is 55.7 Å². The predicted octanol–water partition coefficient (Wildman–Crippen LogP) is 3.34. The van der Waals surface area contributed by atoms with E-state index in [2.05, 4.69) is 21.7 Å². The van der Waals surface area contributed by atoms with Crippen molar-refractivity contribution in [2.45, 2.75) is 12.5 Å². The summed E-state index contributed by atoms with van der Waals surface area (Å²) < 4.78 is 7.26. The number of methoxy groups -OCH3 is 1. The molecule has 0 amide bonds. The standard InChI is InChI=1S/C19H21N3O/c1-22-18(15-6-4-3-5-7-15)13-21-19(22)17(20)12-14-8-10-16(23-2)11-9-14/h3-11,13,17H,12,20H2,1-2H3/t17-/m0/s1. The van der Waals surface area contributed by atoms with Crippen molar-refractivity contribution in [1.82, 2.24) is 9.55 Å². The highest BCUT2D eigenvalue weighted by Crippen LogP contribution is 2.23. The molecule has 2 N–H and O–H groups in total. The van der Waals surface area contributed by atoms with Crippen LogP contribution in [0.15, 0.2) is 60.8 Å². The molecular weight excluding hydrogens is 286 g/mol. The molecule has 2 aromatic carbocycles. The molecule has 118 valence electrons. The average Bonchev–Trinajstić information content (AvgIpc) is 2.98. The van der Waals surface area contributed by atoms with E-state index in [9.17, 15) is 0 Å². The number of aromatic nitrogens is 2. The Kier molecular flexibility index (Phi) is 4.44. The van der Waals surface area contributed by atoms with Gasteiger partial charge < -0.3 is 15.0 Å². The third kappa shape index (κ3) is 3.27. The molecule has 4 heteroatoms. The zero-order valence-corrected chi connectivity index (χ0v) is 13.4. The Morgan fingerprint density at radius 2 is 1.78 bits per heavy atom. The van der Waals surface area contributed by atoms with Gasteiger partial charge in [-0.1, -0.05) is 42.5 Å². The molecule has 0 aliphatic carbocycles. The quantitative estimate of drug-likeness (QED) is 0.786. The largest absolute Gasteiger partial charge is 0.497 e. The van der Waals surface area contributed by atoms with E-state index in [4.69, 9.17) is 10.5 Å². The monoisotopic (exact) mass is 307 g/mol. The van der Waals surface area contributed by atoms with Gasteiger partial charge >= 0.3 is 0 Å². The lowest BCUT2D eigenvalue weighted by Gasteiger charge is -2.13. The Morgan fingerprint density at radius 1 is 1.09 bits per heavy atom. The van der Waals surface area contributed by atoms with E-state index >= 15 is 0 Å². The van der Waals surface area contributed by atoms with Crippen LogP contribution in [0, 0.1) is 0 Å². The van der Waals surface area contributed by atoms with Gasteiger partial charge in [0, 0.05) is 7.05 Å². The van der Waals surface area contributed by atoms with E-state index < -0.39 is 0 Å². The fourth-order valence-electron chi connectivity index (χ4n) is 2.75. The SMILES string of the molecule is COc1ccc(C[C@H](N)c2ncc(-c3ccccc3)n2C)cc1. The lowest BCUT2D eigenvalue weighted by Crippen LogP contribution is -2.18. The van der Waals surface area contributed by atoms with Gasteiger partial charge in [0.2, 0.25) is 0 Å². The molecule has 0 unspecified atom stereocenters. The van der Waals surface area contributed by atoms with Crippen molar-refractivity contribution in [1.29, 1.82) is 0 Å². The van der Waals surface area contributed by atoms with Gasteiger partial charge in [0.25, 0.3) is 0 Å². The van der Waals surface area contributed by atoms with Crippen LogP contribution in [0.4, 0.5) is 0 Å². The number of benzene rings is 2. The number of hydrogen-bond donors (Lipinski definition) is 1. The number of imidazole rings is 1. The molecule has 3 rings (SSSR count). The van der Waals surface area contributed by atoms with Crippen molar-refractivity contribution in [3.8, 4) is 17.0 Å². The van der Waals surface area contributed by atoms with E-state index in [1.165, 1.54) is 5.56 Å². The second kappa shape index (κ2) is 6.67. The fraction of sp³-hybridized carbons (Fsp3) is 0.211. The van der Waals surface area contributed by atoms with Crippen LogP contribution in [0.5, 0.6) is 5.75 Å². The lowest BCUT2D eigenvalue weighted by atomic mass is 10.1. The second-order valence-corrected chi connectivity index (χ2v) is 5.59. The minimum absolute atomic E-state index is 0.147. The predicted molar refractivity (Wildman–Crippen MR) is 92.3 cm³/mol. The number of ether oxygens (including phenoxy) is 1. The number of nitrogens with two attached hydrogens (primary N) is 1. The maximum absolute atomic E-state index is 6.38. The Bertz CT molecular complexity index is 763. The molecule has 1 atom stereocenters. The minimum atomic E-state index is -0.147. The molecule has 1 aromatic heterocycles. The van der Waals surface area contributed by atoms with Crippen LogP contribution in [0.2, 0.25) is 0 Å². The smallest absolute Gasteiger partial charge is 0.126 e. The summed E-state index contributed by atoms with van der Waals surface area (Å²) in [6, 6.07) is 18.1. The van der Waals surface area contributed by atoms with Crippen LogP contribution in [0.3, 0.4) is 0 Å². The summed E-state index contributed by atoms with van der Waals surface area (Å²) in [7, 11) is 3.68. The van der Waals surface area contributed by atoms with Gasteiger partial charge in [-0.05, 0) is 29.7 Å². The summed E-state index contributed by atoms with van der Waals surface area (Å²) in [6.07, 6.45) is 2.63. The van der Waals surface area contributed by atoms with E-state index in [1.54, 1.807) is 7.11 Å². The highest BCUT2D eigenvalue weighted by atomic mass is 16.5. The molecule has 0 saturated heterocycles. The van der Waals surface area contributed by atoms with E-state index in [0.717, 1.165) is 29.3 Å². The molecule has 23 heavy (non-hydrogen) atoms. The maximum atomic E-state index is 6.38. The number of nitrogens with zero attached hydrogens (tertiary/aromatic N) is 2. The van der Waals surface area contributed by atoms with Gasteiger partial charge in [-0.2, -0.15) is 0 Å². The van der Waals surface area contributed by atoms with Crippen LogP contribution in [-0.2, 0) is 13.5 Å². The van der Waals surface area contributed by atoms with Crippen molar-refractivity contribution >= 4 is 0 Å². The molecule has 0 aliphatic rings. The molecule has 0 fully saturated rings. The van der Waals surface area contributed by atoms with E-state index in [-0.39, 0.29) is 6.04 Å². The first-order valence-electron chi connectivity index (χ1n) is 7.64. The topological polar surface area (TPSA) is 53.1 Å². The van der Waals surface area contributed by atoms with Crippen molar-refractivity contribution in [3.63, 3.8) is 0 Å². The molecule has 0 radical (unpaired) electrons. The summed E-state index contributed by atoms with van der Waals surface area (Å²) >= 11 is 0. The summed E-state index contributed by atoms with van der Waals surface area (Å²) in [5.74, 6) is 1.74. The highest BCUT2D eigenvalue weighted by molar-refractivity contribution is 5.59. The second-order valence-electron chi connectivity index (χ2n) is 5.59. The van der Waals surface area contributed by atoms with Gasteiger partial charge in [0.05, 0.1) is 25.0 Å². The van der Waals surface area contributed by atoms with Crippen LogP contribution in [-0.4, -0.2) is 16.7 Å². The molecule has 0 aliphatic heterocycles. The zero-order valence-electron chi connectivity index (χ0n) is 13.4. The lowest BCUT2D eigenvalue weighted by molar-refractivity contribution is 0.414. The number of rotatable bonds is 5. The molecule has 0 spiro atoms. The molecule has 4 nitrogen and oxygen atoms in total. The summed E-state index contributed by atoms with van der Waals surface area (Å²) in [5, 5.41) is 0. The van der Waals surface area contributed by atoms with Crippen LogP contribution < -0.4 is 10.5 Å².